The van der Waals surface area contributed by atoms with E-state index in [0.29, 0.717) is 28.6 Å². The van der Waals surface area contributed by atoms with Gasteiger partial charge in [-0.15, -0.1) is 11.3 Å². The molecule has 1 fully saturated rings. The zero-order valence-corrected chi connectivity index (χ0v) is 16.7. The molecule has 1 N–H and O–H groups in total. The van der Waals surface area contributed by atoms with Crippen molar-refractivity contribution < 1.29 is 23.8 Å². The number of rotatable bonds is 5. The largest absolute Gasteiger partial charge is 0.507 e. The Labute approximate surface area is 175 Å². The van der Waals surface area contributed by atoms with Gasteiger partial charge in [-0.1, -0.05) is 24.3 Å². The van der Waals surface area contributed by atoms with Crippen LogP contribution in [-0.4, -0.2) is 28.4 Å². The summed E-state index contributed by atoms with van der Waals surface area (Å²) in [5.74, 6) is -1.90. The number of hydrogen-bond acceptors (Lipinski definition) is 6. The van der Waals surface area contributed by atoms with Crippen molar-refractivity contribution in [3.8, 4) is 5.75 Å². The van der Waals surface area contributed by atoms with Gasteiger partial charge in [0.1, 0.15) is 17.3 Å². The minimum atomic E-state index is -0.938. The fourth-order valence-electron chi connectivity index (χ4n) is 3.38. The van der Waals surface area contributed by atoms with Gasteiger partial charge in [0.15, 0.2) is 5.13 Å². The Balaban J connectivity index is 1.90. The van der Waals surface area contributed by atoms with Crippen molar-refractivity contribution in [2.45, 2.75) is 13.0 Å². The average molecular weight is 424 g/mol. The molecule has 4 rings (SSSR count). The number of aliphatic hydroxyl groups is 1. The Bertz CT molecular complexity index is 1130. The van der Waals surface area contributed by atoms with Crippen LogP contribution >= 0.6 is 11.3 Å². The lowest BCUT2D eigenvalue weighted by Gasteiger charge is -2.23. The quantitative estimate of drug-likeness (QED) is 0.375. The van der Waals surface area contributed by atoms with Gasteiger partial charge in [0, 0.05) is 17.1 Å². The number of Topliss-reactive ketones (excluding diaryl/α,β-unsaturated/α-hetero) is 1. The molecule has 0 radical (unpaired) electrons. The molecule has 1 unspecified atom stereocenters. The Morgan fingerprint density at radius 3 is 2.67 bits per heavy atom. The zero-order valence-electron chi connectivity index (χ0n) is 15.9. The summed E-state index contributed by atoms with van der Waals surface area (Å²) in [6, 6.07) is 11.1. The second kappa shape index (κ2) is 8.08. The highest BCUT2D eigenvalue weighted by molar-refractivity contribution is 7.14. The molecular formula is C22H17FN2O4S. The molecule has 1 amide bonds. The van der Waals surface area contributed by atoms with E-state index >= 15 is 0 Å². The van der Waals surface area contributed by atoms with Crippen LogP contribution in [-0.2, 0) is 9.59 Å². The summed E-state index contributed by atoms with van der Waals surface area (Å²) in [5.41, 5.74) is 0.731. The second-order valence-corrected chi connectivity index (χ2v) is 7.37. The maximum Gasteiger partial charge on any atom is 0.301 e. The molecule has 1 aliphatic heterocycles. The summed E-state index contributed by atoms with van der Waals surface area (Å²) < 4.78 is 19.0. The van der Waals surface area contributed by atoms with Crippen LogP contribution in [0.3, 0.4) is 0 Å². The van der Waals surface area contributed by atoms with Gasteiger partial charge in [0.05, 0.1) is 18.2 Å². The number of carbonyl (C=O) groups excluding carboxylic acids is 2. The highest BCUT2D eigenvalue weighted by Crippen LogP contribution is 2.42. The van der Waals surface area contributed by atoms with Crippen molar-refractivity contribution in [2.24, 2.45) is 0 Å². The first-order valence-electron chi connectivity index (χ1n) is 9.20. The third kappa shape index (κ3) is 3.46. The monoisotopic (exact) mass is 424 g/mol. The summed E-state index contributed by atoms with van der Waals surface area (Å²) in [4.78, 5) is 31.2. The molecule has 0 spiro atoms. The first-order chi connectivity index (χ1) is 14.5. The summed E-state index contributed by atoms with van der Waals surface area (Å²) in [6.07, 6.45) is 1.52. The number of nitrogens with zero attached hydrogens (tertiary/aromatic N) is 2. The molecule has 0 bridgehead atoms. The highest BCUT2D eigenvalue weighted by atomic mass is 32.1. The number of halogens is 1. The lowest BCUT2D eigenvalue weighted by Crippen LogP contribution is -2.29. The number of carbonyl (C=O) groups is 2. The van der Waals surface area contributed by atoms with Crippen LogP contribution in [0.5, 0.6) is 5.75 Å². The smallest absolute Gasteiger partial charge is 0.301 e. The second-order valence-electron chi connectivity index (χ2n) is 6.50. The minimum absolute atomic E-state index is 0.0875. The van der Waals surface area contributed by atoms with Crippen LogP contribution in [0.15, 0.2) is 65.7 Å². The van der Waals surface area contributed by atoms with E-state index in [2.05, 4.69) is 4.98 Å². The number of thiazole rings is 1. The van der Waals surface area contributed by atoms with Gasteiger partial charge in [-0.05, 0) is 36.8 Å². The molecule has 0 saturated carbocycles. The van der Waals surface area contributed by atoms with Gasteiger partial charge < -0.3 is 9.84 Å². The molecule has 6 nitrogen and oxygen atoms in total. The molecule has 8 heteroatoms. The maximum absolute atomic E-state index is 13.5. The van der Waals surface area contributed by atoms with Crippen LogP contribution in [0.25, 0.3) is 5.76 Å². The normalized spacial score (nSPS) is 18.1. The average Bonchev–Trinajstić information content (AvgIpc) is 3.36. The van der Waals surface area contributed by atoms with E-state index in [4.69, 9.17) is 4.74 Å². The SMILES string of the molecule is CCOc1cccc(C(O)=C2C(=O)C(=O)N(c3nccs3)C2c2ccc(F)cc2)c1. The zero-order chi connectivity index (χ0) is 21.3. The van der Waals surface area contributed by atoms with Crippen LogP contribution in [0.4, 0.5) is 9.52 Å². The summed E-state index contributed by atoms with van der Waals surface area (Å²) in [5, 5.41) is 13.0. The first kappa shape index (κ1) is 19.8. The van der Waals surface area contributed by atoms with Crippen molar-refractivity contribution in [3.05, 3.63) is 82.6 Å². The van der Waals surface area contributed by atoms with Gasteiger partial charge in [-0.2, -0.15) is 0 Å². The standard InChI is InChI=1S/C22H17FN2O4S/c1-2-29-16-5-3-4-14(12-16)19(26)17-18(13-6-8-15(23)9-7-13)25(21(28)20(17)27)22-24-10-11-30-22/h3-12,18,26H,2H2,1H3. The van der Waals surface area contributed by atoms with Crippen LogP contribution in [0.2, 0.25) is 0 Å². The van der Waals surface area contributed by atoms with Gasteiger partial charge >= 0.3 is 5.91 Å². The predicted octanol–water partition coefficient (Wildman–Crippen LogP) is 4.31. The predicted molar refractivity (Wildman–Crippen MR) is 111 cm³/mol. The fraction of sp³-hybridized carbons (Fsp3) is 0.136. The lowest BCUT2D eigenvalue weighted by molar-refractivity contribution is -0.132. The van der Waals surface area contributed by atoms with Crippen LogP contribution < -0.4 is 9.64 Å². The Morgan fingerprint density at radius 1 is 1.23 bits per heavy atom. The minimum Gasteiger partial charge on any atom is -0.507 e. The molecule has 3 aromatic rings. The number of ether oxygens (including phenoxy) is 1. The molecule has 1 aliphatic rings. The molecule has 152 valence electrons. The number of ketones is 1. The Hall–Kier alpha value is -3.52. The van der Waals surface area contributed by atoms with E-state index in [1.807, 2.05) is 6.92 Å². The molecule has 1 aromatic heterocycles. The fourth-order valence-corrected chi connectivity index (χ4v) is 4.05. The molecule has 2 aromatic carbocycles. The summed E-state index contributed by atoms with van der Waals surface area (Å²) >= 11 is 1.19. The lowest BCUT2D eigenvalue weighted by atomic mass is 9.95. The van der Waals surface area contributed by atoms with Crippen LogP contribution in [0, 0.1) is 5.82 Å². The van der Waals surface area contributed by atoms with Crippen LogP contribution in [0.1, 0.15) is 24.1 Å². The molecule has 1 saturated heterocycles. The van der Waals surface area contributed by atoms with E-state index in [1.165, 1.54) is 46.7 Å². The number of hydrogen-bond donors (Lipinski definition) is 1. The van der Waals surface area contributed by atoms with E-state index in [0.717, 1.165) is 0 Å². The van der Waals surface area contributed by atoms with E-state index < -0.39 is 23.5 Å². The molecular weight excluding hydrogens is 407 g/mol. The summed E-state index contributed by atoms with van der Waals surface area (Å²) in [6.45, 7) is 2.27. The van der Waals surface area contributed by atoms with Crippen molar-refractivity contribution in [2.75, 3.05) is 11.5 Å². The number of benzene rings is 2. The Kier molecular flexibility index (Phi) is 5.33. The first-order valence-corrected chi connectivity index (χ1v) is 10.1. The number of amides is 1. The van der Waals surface area contributed by atoms with E-state index in [9.17, 15) is 19.1 Å². The van der Waals surface area contributed by atoms with Gasteiger partial charge in [0.25, 0.3) is 5.78 Å². The number of anilines is 1. The van der Waals surface area contributed by atoms with Crippen molar-refractivity contribution >= 4 is 33.9 Å². The molecule has 2 heterocycles. The third-order valence-electron chi connectivity index (χ3n) is 4.67. The Morgan fingerprint density at radius 2 is 2.00 bits per heavy atom. The van der Waals surface area contributed by atoms with Gasteiger partial charge in [-0.25, -0.2) is 9.37 Å². The van der Waals surface area contributed by atoms with Crippen molar-refractivity contribution in [1.29, 1.82) is 0 Å². The molecule has 30 heavy (non-hydrogen) atoms. The van der Waals surface area contributed by atoms with Crippen molar-refractivity contribution in [3.63, 3.8) is 0 Å². The third-order valence-corrected chi connectivity index (χ3v) is 5.44. The number of aromatic nitrogens is 1. The summed E-state index contributed by atoms with van der Waals surface area (Å²) in [7, 11) is 0. The maximum atomic E-state index is 13.5. The number of aliphatic hydroxyl groups excluding tert-OH is 1. The van der Waals surface area contributed by atoms with Crippen molar-refractivity contribution in [1.82, 2.24) is 4.98 Å². The molecule has 0 aliphatic carbocycles. The van der Waals surface area contributed by atoms with E-state index in [1.54, 1.807) is 29.6 Å². The molecule has 1 atom stereocenters. The topological polar surface area (TPSA) is 79.7 Å². The van der Waals surface area contributed by atoms with E-state index in [-0.39, 0.29) is 11.3 Å². The van der Waals surface area contributed by atoms with Gasteiger partial charge in [0.2, 0.25) is 0 Å². The van der Waals surface area contributed by atoms with Gasteiger partial charge in [-0.3, -0.25) is 14.5 Å². The highest BCUT2D eigenvalue weighted by Gasteiger charge is 2.47.